The Morgan fingerprint density at radius 3 is 2.38 bits per heavy atom. The number of benzene rings is 2. The van der Waals surface area contributed by atoms with E-state index in [2.05, 4.69) is 10.3 Å². The van der Waals surface area contributed by atoms with Crippen LogP contribution in [0.1, 0.15) is 11.1 Å². The third-order valence-corrected chi connectivity index (χ3v) is 5.10. The van der Waals surface area contributed by atoms with Crippen LogP contribution in [0.2, 0.25) is 0 Å². The van der Waals surface area contributed by atoms with E-state index in [1.165, 1.54) is 11.3 Å². The zero-order valence-electron chi connectivity index (χ0n) is 18.3. The van der Waals surface area contributed by atoms with Crippen molar-refractivity contribution in [3.8, 4) is 28.5 Å². The van der Waals surface area contributed by atoms with Gasteiger partial charge in [-0.25, -0.2) is 9.78 Å². The van der Waals surface area contributed by atoms with E-state index in [1.807, 2.05) is 38.1 Å². The van der Waals surface area contributed by atoms with E-state index >= 15 is 0 Å². The fourth-order valence-corrected chi connectivity index (χ4v) is 3.70. The summed E-state index contributed by atoms with van der Waals surface area (Å²) in [6.45, 7) is 3.17. The number of thiazole rings is 1. The van der Waals surface area contributed by atoms with Crippen molar-refractivity contribution in [1.29, 1.82) is 0 Å². The number of aromatic nitrogens is 1. The highest BCUT2D eigenvalue weighted by Gasteiger charge is 2.13. The maximum atomic E-state index is 12.1. The van der Waals surface area contributed by atoms with Crippen LogP contribution in [-0.2, 0) is 14.3 Å². The number of rotatable bonds is 9. The van der Waals surface area contributed by atoms with Crippen molar-refractivity contribution >= 4 is 28.3 Å². The summed E-state index contributed by atoms with van der Waals surface area (Å²) < 4.78 is 20.9. The van der Waals surface area contributed by atoms with E-state index in [1.54, 1.807) is 31.7 Å². The number of methoxy groups -OCH3 is 2. The molecule has 2 aromatic carbocycles. The van der Waals surface area contributed by atoms with Crippen molar-refractivity contribution in [3.63, 3.8) is 0 Å². The number of nitrogens with zero attached hydrogens (tertiary/aromatic N) is 1. The molecule has 32 heavy (non-hydrogen) atoms. The summed E-state index contributed by atoms with van der Waals surface area (Å²) in [7, 11) is 3.12. The van der Waals surface area contributed by atoms with E-state index in [9.17, 15) is 9.59 Å². The van der Waals surface area contributed by atoms with Crippen LogP contribution < -0.4 is 19.5 Å². The second kappa shape index (κ2) is 10.6. The van der Waals surface area contributed by atoms with Crippen molar-refractivity contribution in [1.82, 2.24) is 4.98 Å². The molecule has 3 rings (SSSR count). The van der Waals surface area contributed by atoms with Crippen LogP contribution in [-0.4, -0.2) is 44.3 Å². The van der Waals surface area contributed by atoms with Crippen molar-refractivity contribution in [2.24, 2.45) is 0 Å². The summed E-state index contributed by atoms with van der Waals surface area (Å²) in [5.41, 5.74) is 3.55. The molecule has 168 valence electrons. The summed E-state index contributed by atoms with van der Waals surface area (Å²) in [5.74, 6) is 0.652. The van der Waals surface area contributed by atoms with Crippen LogP contribution in [0, 0.1) is 13.8 Å². The Hall–Kier alpha value is -3.59. The first-order valence-corrected chi connectivity index (χ1v) is 10.6. The zero-order valence-corrected chi connectivity index (χ0v) is 19.1. The Bertz CT molecular complexity index is 1090. The van der Waals surface area contributed by atoms with E-state index in [0.29, 0.717) is 28.1 Å². The van der Waals surface area contributed by atoms with Gasteiger partial charge in [0.25, 0.3) is 5.91 Å². The van der Waals surface area contributed by atoms with Crippen LogP contribution in [0.15, 0.2) is 41.8 Å². The van der Waals surface area contributed by atoms with Crippen LogP contribution in [0.4, 0.5) is 5.13 Å². The van der Waals surface area contributed by atoms with Crippen LogP contribution in [0.5, 0.6) is 17.2 Å². The standard InChI is InChI=1S/C23H24N2O6S/c1-14-7-15(2)9-17(8-14)30-12-22(27)31-11-21(26)25-23-24-18(13-32-23)16-5-6-19(28-3)20(10-16)29-4/h5-10,13H,11-12H2,1-4H3,(H,24,25,26). The first-order valence-electron chi connectivity index (χ1n) is 9.72. The van der Waals surface area contributed by atoms with Gasteiger partial charge in [-0.05, 0) is 55.3 Å². The molecule has 0 aliphatic carbocycles. The van der Waals surface area contributed by atoms with Gasteiger partial charge in [0.05, 0.1) is 19.9 Å². The highest BCUT2D eigenvalue weighted by atomic mass is 32.1. The Balaban J connectivity index is 1.49. The maximum Gasteiger partial charge on any atom is 0.344 e. The third kappa shape index (κ3) is 6.21. The van der Waals surface area contributed by atoms with Gasteiger partial charge in [-0.1, -0.05) is 6.07 Å². The van der Waals surface area contributed by atoms with Crippen LogP contribution in [0.25, 0.3) is 11.3 Å². The van der Waals surface area contributed by atoms with Crippen molar-refractivity contribution in [2.75, 3.05) is 32.8 Å². The molecule has 0 radical (unpaired) electrons. The second-order valence-corrected chi connectivity index (χ2v) is 7.79. The Labute approximate surface area is 190 Å². The molecule has 0 saturated carbocycles. The summed E-state index contributed by atoms with van der Waals surface area (Å²) in [4.78, 5) is 28.4. The number of anilines is 1. The van der Waals surface area contributed by atoms with Crippen LogP contribution >= 0.6 is 11.3 Å². The molecule has 0 atom stereocenters. The summed E-state index contributed by atoms with van der Waals surface area (Å²) >= 11 is 1.26. The predicted molar refractivity (Wildman–Crippen MR) is 122 cm³/mol. The molecule has 8 nitrogen and oxygen atoms in total. The van der Waals surface area contributed by atoms with Crippen LogP contribution in [0.3, 0.4) is 0 Å². The molecule has 9 heteroatoms. The number of amides is 1. The minimum absolute atomic E-state index is 0.281. The number of nitrogens with one attached hydrogen (secondary N) is 1. The van der Waals surface area contributed by atoms with Crippen molar-refractivity contribution in [2.45, 2.75) is 13.8 Å². The largest absolute Gasteiger partial charge is 0.493 e. The number of hydrogen-bond donors (Lipinski definition) is 1. The van der Waals surface area contributed by atoms with E-state index in [4.69, 9.17) is 18.9 Å². The van der Waals surface area contributed by atoms with Gasteiger partial charge in [0.2, 0.25) is 0 Å². The number of carbonyl (C=O) groups excluding carboxylic acids is 2. The second-order valence-electron chi connectivity index (χ2n) is 6.93. The first-order chi connectivity index (χ1) is 15.4. The van der Waals surface area contributed by atoms with Crippen molar-refractivity contribution < 1.29 is 28.5 Å². The molecule has 0 aliphatic rings. The molecular weight excluding hydrogens is 432 g/mol. The summed E-state index contributed by atoms with van der Waals surface area (Å²) in [6, 6.07) is 11.1. The average Bonchev–Trinajstić information content (AvgIpc) is 3.23. The maximum absolute atomic E-state index is 12.1. The fraction of sp³-hybridized carbons (Fsp3) is 0.261. The smallest absolute Gasteiger partial charge is 0.344 e. The molecule has 0 fully saturated rings. The van der Waals surface area contributed by atoms with E-state index in [-0.39, 0.29) is 6.61 Å². The minimum Gasteiger partial charge on any atom is -0.493 e. The molecule has 3 aromatic rings. The van der Waals surface area contributed by atoms with Gasteiger partial charge in [0.1, 0.15) is 5.75 Å². The average molecular weight is 457 g/mol. The predicted octanol–water partition coefficient (Wildman–Crippen LogP) is 4.00. The monoisotopic (exact) mass is 456 g/mol. The Morgan fingerprint density at radius 1 is 0.969 bits per heavy atom. The van der Waals surface area contributed by atoms with Gasteiger partial charge in [-0.3, -0.25) is 10.1 Å². The molecule has 0 aliphatic heterocycles. The molecule has 1 aromatic heterocycles. The molecule has 0 unspecified atom stereocenters. The number of ether oxygens (including phenoxy) is 4. The number of esters is 1. The van der Waals surface area contributed by atoms with Gasteiger partial charge in [0, 0.05) is 10.9 Å². The third-order valence-electron chi connectivity index (χ3n) is 4.35. The lowest BCUT2D eigenvalue weighted by Crippen LogP contribution is -2.23. The van der Waals surface area contributed by atoms with Gasteiger partial charge in [0.15, 0.2) is 29.8 Å². The van der Waals surface area contributed by atoms with Gasteiger partial charge in [-0.2, -0.15) is 0 Å². The van der Waals surface area contributed by atoms with Gasteiger partial charge < -0.3 is 18.9 Å². The lowest BCUT2D eigenvalue weighted by atomic mass is 10.1. The van der Waals surface area contributed by atoms with E-state index < -0.39 is 18.5 Å². The highest BCUT2D eigenvalue weighted by Crippen LogP contribution is 2.33. The Kier molecular flexibility index (Phi) is 7.67. The molecular formula is C23H24N2O6S. The number of hydrogen-bond acceptors (Lipinski definition) is 8. The van der Waals surface area contributed by atoms with Crippen molar-refractivity contribution in [3.05, 3.63) is 52.9 Å². The molecule has 0 spiro atoms. The normalized spacial score (nSPS) is 10.4. The van der Waals surface area contributed by atoms with Gasteiger partial charge in [-0.15, -0.1) is 11.3 Å². The lowest BCUT2D eigenvalue weighted by Gasteiger charge is -2.08. The molecule has 1 N–H and O–H groups in total. The minimum atomic E-state index is -0.635. The molecule has 0 saturated heterocycles. The Morgan fingerprint density at radius 2 is 1.69 bits per heavy atom. The lowest BCUT2D eigenvalue weighted by molar-refractivity contribution is -0.149. The summed E-state index contributed by atoms with van der Waals surface area (Å²) in [6.07, 6.45) is 0. The zero-order chi connectivity index (χ0) is 23.1. The first kappa shape index (κ1) is 23.1. The topological polar surface area (TPSA) is 96.0 Å². The number of aryl methyl sites for hydroxylation is 2. The fourth-order valence-electron chi connectivity index (χ4n) is 2.96. The van der Waals surface area contributed by atoms with Gasteiger partial charge >= 0.3 is 5.97 Å². The molecule has 1 heterocycles. The highest BCUT2D eigenvalue weighted by molar-refractivity contribution is 7.14. The SMILES string of the molecule is COc1ccc(-c2csc(NC(=O)COC(=O)COc3cc(C)cc(C)c3)n2)cc1OC. The molecule has 1 amide bonds. The summed E-state index contributed by atoms with van der Waals surface area (Å²) in [5, 5.41) is 4.82. The molecule has 0 bridgehead atoms. The quantitative estimate of drug-likeness (QED) is 0.486. The number of carbonyl (C=O) groups is 2. The van der Waals surface area contributed by atoms with E-state index in [0.717, 1.165) is 16.7 Å².